The summed E-state index contributed by atoms with van der Waals surface area (Å²) in [5.41, 5.74) is 0.472. The smallest absolute Gasteiger partial charge is 0.0105 e. The first-order chi connectivity index (χ1) is 9.81. The monoisotopic (exact) mass is 294 g/mol. The highest BCUT2D eigenvalue weighted by Gasteiger charge is 2.38. The Labute approximate surface area is 133 Å². The quantitative estimate of drug-likeness (QED) is 0.791. The highest BCUT2D eigenvalue weighted by Crippen LogP contribution is 2.41. The Kier molecular flexibility index (Phi) is 5.76. The predicted molar refractivity (Wildman–Crippen MR) is 92.6 cm³/mol. The number of nitrogens with one attached hydrogen (secondary N) is 1. The summed E-state index contributed by atoms with van der Waals surface area (Å²) in [6, 6.07) is 1.64. The van der Waals surface area contributed by atoms with Crippen LogP contribution in [0.3, 0.4) is 0 Å². The Morgan fingerprint density at radius 1 is 1.10 bits per heavy atom. The first-order valence-corrected chi connectivity index (χ1v) is 9.22. The van der Waals surface area contributed by atoms with Gasteiger partial charge in [0.2, 0.25) is 0 Å². The highest BCUT2D eigenvalue weighted by molar-refractivity contribution is 4.93. The van der Waals surface area contributed by atoms with Crippen molar-refractivity contribution in [3.8, 4) is 0 Å². The van der Waals surface area contributed by atoms with Crippen LogP contribution >= 0.6 is 0 Å². The summed E-state index contributed by atoms with van der Waals surface area (Å²) < 4.78 is 0. The maximum absolute atomic E-state index is 3.62. The molecule has 3 unspecified atom stereocenters. The summed E-state index contributed by atoms with van der Waals surface area (Å²) >= 11 is 0. The molecule has 0 bridgehead atoms. The van der Waals surface area contributed by atoms with Gasteiger partial charge in [-0.3, -0.25) is 4.90 Å². The number of nitrogens with zero attached hydrogens (tertiary/aromatic N) is 1. The lowest BCUT2D eigenvalue weighted by Crippen LogP contribution is -2.47. The molecule has 0 amide bonds. The third-order valence-electron chi connectivity index (χ3n) is 5.71. The minimum absolute atomic E-state index is 0.472. The van der Waals surface area contributed by atoms with E-state index in [0.29, 0.717) is 5.41 Å². The first kappa shape index (κ1) is 17.3. The zero-order chi connectivity index (χ0) is 15.6. The van der Waals surface area contributed by atoms with Crippen molar-refractivity contribution in [1.82, 2.24) is 10.2 Å². The van der Waals surface area contributed by atoms with Gasteiger partial charge in [0.05, 0.1) is 0 Å². The molecule has 0 aromatic heterocycles. The van der Waals surface area contributed by atoms with Crippen LogP contribution in [0.4, 0.5) is 0 Å². The molecule has 0 aromatic carbocycles. The Bertz CT molecular complexity index is 314. The van der Waals surface area contributed by atoms with Crippen molar-refractivity contribution in [3.63, 3.8) is 0 Å². The summed E-state index contributed by atoms with van der Waals surface area (Å²) in [6.45, 7) is 14.6. The first-order valence-electron chi connectivity index (χ1n) is 9.22. The fourth-order valence-electron chi connectivity index (χ4n) is 4.21. The number of rotatable bonds is 6. The molecule has 0 aliphatic heterocycles. The second-order valence-corrected chi connectivity index (χ2v) is 9.11. The van der Waals surface area contributed by atoms with E-state index in [9.17, 15) is 0 Å². The number of hydrogen-bond donors (Lipinski definition) is 1. The van der Waals surface area contributed by atoms with Crippen molar-refractivity contribution in [2.75, 3.05) is 20.1 Å². The molecule has 124 valence electrons. The maximum Gasteiger partial charge on any atom is 0.0105 e. The van der Waals surface area contributed by atoms with Crippen LogP contribution in [-0.4, -0.2) is 37.1 Å². The van der Waals surface area contributed by atoms with E-state index in [1.54, 1.807) is 0 Å². The minimum atomic E-state index is 0.472. The van der Waals surface area contributed by atoms with Gasteiger partial charge in [0, 0.05) is 25.2 Å². The van der Waals surface area contributed by atoms with Gasteiger partial charge in [-0.1, -0.05) is 34.6 Å². The van der Waals surface area contributed by atoms with Crippen molar-refractivity contribution in [1.29, 1.82) is 0 Å². The Morgan fingerprint density at radius 2 is 1.76 bits per heavy atom. The Balaban J connectivity index is 1.99. The van der Waals surface area contributed by atoms with E-state index in [2.05, 4.69) is 51.9 Å². The standard InChI is InChI=1S/C19H38N2/c1-14(2)12-21(17-8-9-17)13-15-11-16(19(3,4)5)7-10-18(15)20-6/h14-18,20H,7-13H2,1-6H3. The second kappa shape index (κ2) is 7.00. The van der Waals surface area contributed by atoms with Crippen molar-refractivity contribution in [3.05, 3.63) is 0 Å². The SMILES string of the molecule is CNC1CCC(C(C)(C)C)CC1CN(CC(C)C)C1CC1. The lowest BCUT2D eigenvalue weighted by molar-refractivity contribution is 0.0835. The van der Waals surface area contributed by atoms with Crippen LogP contribution in [0.2, 0.25) is 0 Å². The molecule has 21 heavy (non-hydrogen) atoms. The molecular weight excluding hydrogens is 256 g/mol. The van der Waals surface area contributed by atoms with E-state index in [1.807, 2.05) is 0 Å². The molecule has 0 aromatic rings. The Morgan fingerprint density at radius 3 is 2.24 bits per heavy atom. The lowest BCUT2D eigenvalue weighted by Gasteiger charge is -2.43. The van der Waals surface area contributed by atoms with E-state index in [-0.39, 0.29) is 0 Å². The summed E-state index contributed by atoms with van der Waals surface area (Å²) in [4.78, 5) is 2.81. The maximum atomic E-state index is 3.62. The molecule has 2 fully saturated rings. The molecule has 0 heterocycles. The van der Waals surface area contributed by atoms with Gasteiger partial charge in [-0.15, -0.1) is 0 Å². The molecule has 2 nitrogen and oxygen atoms in total. The van der Waals surface area contributed by atoms with E-state index in [0.717, 1.165) is 29.8 Å². The molecule has 2 aliphatic carbocycles. The molecule has 2 rings (SSSR count). The molecule has 2 saturated carbocycles. The second-order valence-electron chi connectivity index (χ2n) is 9.11. The summed E-state index contributed by atoms with van der Waals surface area (Å²) in [5, 5.41) is 3.62. The zero-order valence-corrected chi connectivity index (χ0v) is 15.3. The van der Waals surface area contributed by atoms with Crippen LogP contribution in [0.15, 0.2) is 0 Å². The third kappa shape index (κ3) is 4.96. The van der Waals surface area contributed by atoms with Gasteiger partial charge in [0.15, 0.2) is 0 Å². The van der Waals surface area contributed by atoms with Crippen LogP contribution < -0.4 is 5.32 Å². The van der Waals surface area contributed by atoms with Crippen molar-refractivity contribution < 1.29 is 0 Å². The average molecular weight is 295 g/mol. The van der Waals surface area contributed by atoms with Gasteiger partial charge in [0.25, 0.3) is 0 Å². The topological polar surface area (TPSA) is 15.3 Å². The van der Waals surface area contributed by atoms with E-state index >= 15 is 0 Å². The fourth-order valence-corrected chi connectivity index (χ4v) is 4.21. The van der Waals surface area contributed by atoms with Gasteiger partial charge < -0.3 is 5.32 Å². The van der Waals surface area contributed by atoms with E-state index < -0.39 is 0 Å². The predicted octanol–water partition coefficient (Wildman–Crippen LogP) is 4.16. The number of hydrogen-bond acceptors (Lipinski definition) is 2. The summed E-state index contributed by atoms with van der Waals surface area (Å²) in [6.07, 6.45) is 7.05. The van der Waals surface area contributed by atoms with E-state index in [1.165, 1.54) is 45.2 Å². The molecule has 2 heteroatoms. The minimum Gasteiger partial charge on any atom is -0.317 e. The molecule has 3 atom stereocenters. The van der Waals surface area contributed by atoms with Gasteiger partial charge in [0.1, 0.15) is 0 Å². The molecule has 1 N–H and O–H groups in total. The van der Waals surface area contributed by atoms with Crippen LogP contribution in [0.1, 0.15) is 66.7 Å². The normalized spacial score (nSPS) is 31.1. The summed E-state index contributed by atoms with van der Waals surface area (Å²) in [7, 11) is 2.17. The Hall–Kier alpha value is -0.0800. The average Bonchev–Trinajstić information content (AvgIpc) is 3.20. The van der Waals surface area contributed by atoms with Gasteiger partial charge in [-0.25, -0.2) is 0 Å². The molecule has 0 radical (unpaired) electrons. The van der Waals surface area contributed by atoms with Gasteiger partial charge in [-0.2, -0.15) is 0 Å². The fraction of sp³-hybridized carbons (Fsp3) is 1.00. The van der Waals surface area contributed by atoms with Crippen LogP contribution in [-0.2, 0) is 0 Å². The van der Waals surface area contributed by atoms with Crippen LogP contribution in [0.25, 0.3) is 0 Å². The van der Waals surface area contributed by atoms with Gasteiger partial charge >= 0.3 is 0 Å². The highest BCUT2D eigenvalue weighted by atomic mass is 15.2. The van der Waals surface area contributed by atoms with Crippen LogP contribution in [0, 0.1) is 23.2 Å². The summed E-state index contributed by atoms with van der Waals surface area (Å²) in [5.74, 6) is 2.53. The molecular formula is C19H38N2. The van der Waals surface area contributed by atoms with E-state index in [4.69, 9.17) is 0 Å². The molecule has 2 aliphatic rings. The molecule has 0 spiro atoms. The van der Waals surface area contributed by atoms with Crippen LogP contribution in [0.5, 0.6) is 0 Å². The zero-order valence-electron chi connectivity index (χ0n) is 15.3. The van der Waals surface area contributed by atoms with Crippen molar-refractivity contribution in [2.24, 2.45) is 23.2 Å². The third-order valence-corrected chi connectivity index (χ3v) is 5.71. The van der Waals surface area contributed by atoms with Crippen molar-refractivity contribution in [2.45, 2.75) is 78.8 Å². The largest absolute Gasteiger partial charge is 0.317 e. The molecule has 0 saturated heterocycles. The lowest BCUT2D eigenvalue weighted by atomic mass is 9.67. The van der Waals surface area contributed by atoms with Crippen molar-refractivity contribution >= 4 is 0 Å². The van der Waals surface area contributed by atoms with Gasteiger partial charge in [-0.05, 0) is 62.3 Å².